The molecule has 0 aliphatic heterocycles. The summed E-state index contributed by atoms with van der Waals surface area (Å²) in [4.78, 5) is 21.8. The van der Waals surface area contributed by atoms with Crippen LogP contribution < -0.4 is 5.32 Å². The van der Waals surface area contributed by atoms with Gasteiger partial charge in [-0.2, -0.15) is 0 Å². The van der Waals surface area contributed by atoms with Gasteiger partial charge >= 0.3 is 0 Å². The summed E-state index contributed by atoms with van der Waals surface area (Å²) in [6.45, 7) is 2.91. The molecule has 0 aliphatic carbocycles. The van der Waals surface area contributed by atoms with E-state index in [0.717, 1.165) is 34.9 Å². The number of benzene rings is 2. The minimum absolute atomic E-state index is 0.175. The Morgan fingerprint density at radius 1 is 1.04 bits per heavy atom. The minimum Gasteiger partial charge on any atom is -0.310 e. The second-order valence-electron chi connectivity index (χ2n) is 5.91. The van der Waals surface area contributed by atoms with Gasteiger partial charge in [-0.3, -0.25) is 15.1 Å². The molecule has 25 heavy (non-hydrogen) atoms. The Balaban J connectivity index is 1.75. The van der Waals surface area contributed by atoms with Crippen LogP contribution in [0.4, 0.5) is 5.95 Å². The van der Waals surface area contributed by atoms with Gasteiger partial charge in [0.15, 0.2) is 0 Å². The van der Waals surface area contributed by atoms with Crippen molar-refractivity contribution in [2.24, 2.45) is 0 Å². The van der Waals surface area contributed by atoms with E-state index in [-0.39, 0.29) is 5.91 Å². The molecule has 1 amide bonds. The highest BCUT2D eigenvalue weighted by Crippen LogP contribution is 2.22. The number of aryl methyl sites for hydroxylation is 1. The molecule has 1 N–H and O–H groups in total. The Hall–Kier alpha value is -3.21. The lowest BCUT2D eigenvalue weighted by Gasteiger charge is -2.10. The first-order valence-electron chi connectivity index (χ1n) is 8.38. The van der Waals surface area contributed by atoms with Crippen molar-refractivity contribution in [1.29, 1.82) is 0 Å². The molecule has 0 saturated carbocycles. The van der Waals surface area contributed by atoms with E-state index in [1.165, 1.54) is 0 Å². The van der Waals surface area contributed by atoms with Gasteiger partial charge < -0.3 is 4.57 Å². The molecule has 0 atom stereocenters. The monoisotopic (exact) mass is 330 g/mol. The Bertz CT molecular complexity index is 1060. The standard InChI is InChI=1S/C20H18N4O/c1-2-13-24-18-10-6-5-9-17(18)22-20(24)23-19(25)15-11-12-21-16-8-4-3-7-14(15)16/h3-12H,2,13H2,1H3,(H,22,23,25). The highest BCUT2D eigenvalue weighted by Gasteiger charge is 2.15. The number of para-hydroxylation sites is 3. The number of pyridine rings is 1. The van der Waals surface area contributed by atoms with Gasteiger partial charge in [-0.05, 0) is 30.7 Å². The van der Waals surface area contributed by atoms with Crippen LogP contribution in [0.3, 0.4) is 0 Å². The van der Waals surface area contributed by atoms with Crippen molar-refractivity contribution in [2.75, 3.05) is 5.32 Å². The van der Waals surface area contributed by atoms with Gasteiger partial charge in [-0.15, -0.1) is 0 Å². The Kier molecular flexibility index (Phi) is 3.90. The second kappa shape index (κ2) is 6.36. The number of nitrogens with zero attached hydrogens (tertiary/aromatic N) is 3. The predicted octanol–water partition coefficient (Wildman–Crippen LogP) is 4.25. The fourth-order valence-corrected chi connectivity index (χ4v) is 3.08. The van der Waals surface area contributed by atoms with E-state index in [4.69, 9.17) is 0 Å². The number of imidazole rings is 1. The first-order chi connectivity index (χ1) is 12.3. The molecule has 4 aromatic rings. The average molecular weight is 330 g/mol. The van der Waals surface area contributed by atoms with Crippen molar-refractivity contribution < 1.29 is 4.79 Å². The highest BCUT2D eigenvalue weighted by atomic mass is 16.1. The molecular formula is C20H18N4O. The Labute approximate surface area is 145 Å². The third kappa shape index (κ3) is 2.74. The largest absolute Gasteiger partial charge is 0.310 e. The third-order valence-corrected chi connectivity index (χ3v) is 4.22. The SMILES string of the molecule is CCCn1c(NC(=O)c2ccnc3ccccc23)nc2ccccc21. The predicted molar refractivity (Wildman–Crippen MR) is 99.7 cm³/mol. The molecular weight excluding hydrogens is 312 g/mol. The zero-order valence-corrected chi connectivity index (χ0v) is 13.9. The summed E-state index contributed by atoms with van der Waals surface area (Å²) < 4.78 is 2.05. The average Bonchev–Trinajstić information content (AvgIpc) is 2.99. The van der Waals surface area contributed by atoms with E-state index in [9.17, 15) is 4.79 Å². The fraction of sp³-hybridized carbons (Fsp3) is 0.150. The zero-order chi connectivity index (χ0) is 17.2. The van der Waals surface area contributed by atoms with Crippen molar-refractivity contribution in [2.45, 2.75) is 19.9 Å². The van der Waals surface area contributed by atoms with Crippen LogP contribution in [0.25, 0.3) is 21.9 Å². The van der Waals surface area contributed by atoms with Crippen LogP contribution in [0.5, 0.6) is 0 Å². The first kappa shape index (κ1) is 15.3. The number of carbonyl (C=O) groups is 1. The zero-order valence-electron chi connectivity index (χ0n) is 13.9. The number of amides is 1. The van der Waals surface area contributed by atoms with Gasteiger partial charge in [0.1, 0.15) is 0 Å². The normalized spacial score (nSPS) is 11.1. The lowest BCUT2D eigenvalue weighted by Crippen LogP contribution is -2.16. The Morgan fingerprint density at radius 2 is 1.80 bits per heavy atom. The molecule has 0 aliphatic rings. The van der Waals surface area contributed by atoms with Crippen LogP contribution >= 0.6 is 0 Å². The molecule has 4 rings (SSSR count). The molecule has 2 heterocycles. The molecule has 0 saturated heterocycles. The van der Waals surface area contributed by atoms with Gasteiger partial charge in [0.05, 0.1) is 22.1 Å². The summed E-state index contributed by atoms with van der Waals surface area (Å²) >= 11 is 0. The van der Waals surface area contributed by atoms with Crippen LogP contribution in [0.2, 0.25) is 0 Å². The van der Waals surface area contributed by atoms with E-state index < -0.39 is 0 Å². The number of anilines is 1. The maximum absolute atomic E-state index is 12.9. The van der Waals surface area contributed by atoms with Gasteiger partial charge in [0, 0.05) is 18.1 Å². The van der Waals surface area contributed by atoms with Gasteiger partial charge in [-0.25, -0.2) is 4.98 Å². The van der Waals surface area contributed by atoms with E-state index >= 15 is 0 Å². The van der Waals surface area contributed by atoms with Crippen LogP contribution in [0, 0.1) is 0 Å². The molecule has 5 nitrogen and oxygen atoms in total. The quantitative estimate of drug-likeness (QED) is 0.608. The van der Waals surface area contributed by atoms with Crippen molar-refractivity contribution in [3.8, 4) is 0 Å². The van der Waals surface area contributed by atoms with Crippen LogP contribution in [-0.2, 0) is 6.54 Å². The van der Waals surface area contributed by atoms with Crippen LogP contribution in [-0.4, -0.2) is 20.4 Å². The summed E-state index contributed by atoms with van der Waals surface area (Å²) in [5.74, 6) is 0.403. The van der Waals surface area contributed by atoms with Crippen molar-refractivity contribution in [3.63, 3.8) is 0 Å². The number of hydrogen-bond acceptors (Lipinski definition) is 3. The van der Waals surface area contributed by atoms with Gasteiger partial charge in [0.2, 0.25) is 5.95 Å². The summed E-state index contributed by atoms with van der Waals surface area (Å²) in [5, 5.41) is 3.81. The highest BCUT2D eigenvalue weighted by molar-refractivity contribution is 6.12. The van der Waals surface area contributed by atoms with Gasteiger partial charge in [0.25, 0.3) is 5.91 Å². The molecule has 0 spiro atoms. The number of carbonyl (C=O) groups excluding carboxylic acids is 1. The summed E-state index contributed by atoms with van der Waals surface area (Å²) in [5.41, 5.74) is 3.31. The maximum atomic E-state index is 12.9. The number of nitrogens with one attached hydrogen (secondary N) is 1. The van der Waals surface area contributed by atoms with Gasteiger partial charge in [-0.1, -0.05) is 37.3 Å². The molecule has 0 fully saturated rings. The number of rotatable bonds is 4. The lowest BCUT2D eigenvalue weighted by molar-refractivity contribution is 0.102. The molecule has 2 aromatic heterocycles. The summed E-state index contributed by atoms with van der Waals surface area (Å²) in [6.07, 6.45) is 2.62. The number of aromatic nitrogens is 3. The van der Waals surface area contributed by atoms with Crippen molar-refractivity contribution in [3.05, 3.63) is 66.4 Å². The fourth-order valence-electron chi connectivity index (χ4n) is 3.08. The maximum Gasteiger partial charge on any atom is 0.258 e. The van der Waals surface area contributed by atoms with Crippen LogP contribution in [0.1, 0.15) is 23.7 Å². The third-order valence-electron chi connectivity index (χ3n) is 4.22. The number of fused-ring (bicyclic) bond motifs is 2. The van der Waals surface area contributed by atoms with E-state index in [2.05, 4.69) is 26.8 Å². The lowest BCUT2D eigenvalue weighted by atomic mass is 10.1. The summed E-state index contributed by atoms with van der Waals surface area (Å²) in [6, 6.07) is 17.3. The smallest absolute Gasteiger partial charge is 0.258 e. The van der Waals surface area contributed by atoms with Crippen molar-refractivity contribution in [1.82, 2.24) is 14.5 Å². The van der Waals surface area contributed by atoms with E-state index in [1.54, 1.807) is 12.3 Å². The molecule has 124 valence electrons. The van der Waals surface area contributed by atoms with Crippen molar-refractivity contribution >= 4 is 33.8 Å². The summed E-state index contributed by atoms with van der Waals surface area (Å²) in [7, 11) is 0. The van der Waals surface area contributed by atoms with Crippen LogP contribution in [0.15, 0.2) is 60.8 Å². The molecule has 0 radical (unpaired) electrons. The Morgan fingerprint density at radius 3 is 2.64 bits per heavy atom. The van der Waals surface area contributed by atoms with E-state index in [1.807, 2.05) is 48.5 Å². The topological polar surface area (TPSA) is 59.8 Å². The van der Waals surface area contributed by atoms with E-state index in [0.29, 0.717) is 11.5 Å². The molecule has 2 aromatic carbocycles. The second-order valence-corrected chi connectivity index (χ2v) is 5.91. The molecule has 0 unspecified atom stereocenters. The number of hydrogen-bond donors (Lipinski definition) is 1. The minimum atomic E-state index is -0.175. The molecule has 0 bridgehead atoms. The molecule has 5 heteroatoms. The first-order valence-corrected chi connectivity index (χ1v) is 8.38.